The van der Waals surface area contributed by atoms with Crippen molar-refractivity contribution in [3.8, 4) is 0 Å². The number of carbonyl (C=O) groups excluding carboxylic acids is 1. The van der Waals surface area contributed by atoms with Crippen molar-refractivity contribution in [1.82, 2.24) is 4.90 Å². The van der Waals surface area contributed by atoms with Crippen LogP contribution < -0.4 is 5.01 Å². The second-order valence-electron chi connectivity index (χ2n) is 7.09. The van der Waals surface area contributed by atoms with E-state index in [0.29, 0.717) is 37.4 Å². The first kappa shape index (κ1) is 20.6. The molecule has 2 aromatic rings. The Balaban J connectivity index is 1.55. The van der Waals surface area contributed by atoms with Crippen LogP contribution in [0.15, 0.2) is 59.3 Å². The summed E-state index contributed by atoms with van der Waals surface area (Å²) in [6, 6.07) is 8.61. The summed E-state index contributed by atoms with van der Waals surface area (Å²) in [7, 11) is 0. The maximum absolute atomic E-state index is 13.6. The lowest BCUT2D eigenvalue weighted by Crippen LogP contribution is -2.29. The first-order valence-electron chi connectivity index (χ1n) is 9.20. The summed E-state index contributed by atoms with van der Waals surface area (Å²) in [5.41, 5.74) is 0.0597. The molecule has 0 fully saturated rings. The average Bonchev–Trinajstić information content (AvgIpc) is 3.04. The van der Waals surface area contributed by atoms with Crippen LogP contribution in [0.5, 0.6) is 0 Å². The Morgan fingerprint density at radius 1 is 1.13 bits per heavy atom. The average molecular weight is 433 g/mol. The number of carbonyl (C=O) groups is 2. The highest BCUT2D eigenvalue weighted by molar-refractivity contribution is 6.30. The van der Waals surface area contributed by atoms with E-state index in [-0.39, 0.29) is 16.8 Å². The third-order valence-corrected chi connectivity index (χ3v) is 4.99. The molecule has 1 amide bonds. The molecule has 4 rings (SSSR count). The molecule has 0 spiro atoms. The van der Waals surface area contributed by atoms with E-state index in [2.05, 4.69) is 5.10 Å². The minimum atomic E-state index is -4.89. The van der Waals surface area contributed by atoms with Crippen LogP contribution in [0.2, 0.25) is 0 Å². The number of alkyl halides is 3. The van der Waals surface area contributed by atoms with Crippen LogP contribution >= 0.6 is 0 Å². The fourth-order valence-corrected chi connectivity index (χ4v) is 3.42. The summed E-state index contributed by atoms with van der Waals surface area (Å²) >= 11 is 0. The first-order valence-corrected chi connectivity index (χ1v) is 9.20. The Hall–Kier alpha value is -3.69. The molecule has 0 saturated heterocycles. The highest BCUT2D eigenvalue weighted by Gasteiger charge is 2.38. The summed E-state index contributed by atoms with van der Waals surface area (Å²) in [5, 5.41) is 14.0. The van der Waals surface area contributed by atoms with E-state index in [0.717, 1.165) is 16.6 Å². The van der Waals surface area contributed by atoms with E-state index in [1.165, 1.54) is 12.1 Å². The maximum atomic E-state index is 13.6. The molecule has 1 N–H and O–H groups in total. The normalized spacial score (nSPS) is 16.2. The molecular weight excluding hydrogens is 418 g/mol. The Kier molecular flexibility index (Phi) is 5.00. The molecule has 2 aromatic carbocycles. The SMILES string of the molecule is O=C(O)c1ccc(CN2C=C3C(=O)N(c4ccc(F)c(C(F)(F)F)c4)N=C3CC2)cc1. The Morgan fingerprint density at radius 3 is 2.48 bits per heavy atom. The number of amides is 1. The number of anilines is 1. The lowest BCUT2D eigenvalue weighted by molar-refractivity contribution is -0.140. The number of rotatable bonds is 4. The number of carboxylic acid groups (broad SMARTS) is 1. The van der Waals surface area contributed by atoms with Gasteiger partial charge in [0.2, 0.25) is 0 Å². The molecule has 0 aliphatic carbocycles. The predicted molar refractivity (Wildman–Crippen MR) is 103 cm³/mol. The number of hydrogen-bond donors (Lipinski definition) is 1. The van der Waals surface area contributed by atoms with Gasteiger partial charge in [-0.15, -0.1) is 0 Å². The van der Waals surface area contributed by atoms with Crippen molar-refractivity contribution in [2.45, 2.75) is 19.1 Å². The Morgan fingerprint density at radius 2 is 1.84 bits per heavy atom. The number of nitrogens with zero attached hydrogens (tertiary/aromatic N) is 3. The number of carboxylic acids is 1. The van der Waals surface area contributed by atoms with E-state index in [1.807, 2.05) is 4.90 Å². The summed E-state index contributed by atoms with van der Waals surface area (Å²) < 4.78 is 52.6. The lowest BCUT2D eigenvalue weighted by atomic mass is 10.0. The molecule has 0 unspecified atom stereocenters. The first-order chi connectivity index (χ1) is 14.6. The summed E-state index contributed by atoms with van der Waals surface area (Å²) in [6.45, 7) is 0.931. The molecule has 160 valence electrons. The number of aromatic carboxylic acids is 1. The van der Waals surface area contributed by atoms with Crippen molar-refractivity contribution in [1.29, 1.82) is 0 Å². The molecule has 6 nitrogen and oxygen atoms in total. The topological polar surface area (TPSA) is 73.2 Å². The van der Waals surface area contributed by atoms with Crippen LogP contribution in [-0.2, 0) is 17.5 Å². The fraction of sp³-hybridized carbons (Fsp3) is 0.190. The summed E-state index contributed by atoms with van der Waals surface area (Å²) in [4.78, 5) is 25.6. The third-order valence-electron chi connectivity index (χ3n) is 4.99. The quantitative estimate of drug-likeness (QED) is 0.739. The van der Waals surface area contributed by atoms with E-state index in [4.69, 9.17) is 5.11 Å². The van der Waals surface area contributed by atoms with E-state index in [1.54, 1.807) is 18.3 Å². The van der Waals surface area contributed by atoms with Gasteiger partial charge < -0.3 is 10.0 Å². The van der Waals surface area contributed by atoms with Gasteiger partial charge in [-0.2, -0.15) is 23.3 Å². The van der Waals surface area contributed by atoms with Gasteiger partial charge in [-0.25, -0.2) is 9.18 Å². The highest BCUT2D eigenvalue weighted by Crippen LogP contribution is 2.35. The van der Waals surface area contributed by atoms with Gasteiger partial charge >= 0.3 is 12.1 Å². The van der Waals surface area contributed by atoms with Crippen molar-refractivity contribution in [2.75, 3.05) is 11.6 Å². The molecule has 0 atom stereocenters. The molecule has 2 aliphatic heterocycles. The van der Waals surface area contributed by atoms with Crippen molar-refractivity contribution >= 4 is 23.3 Å². The van der Waals surface area contributed by atoms with Gasteiger partial charge in [-0.05, 0) is 35.9 Å². The van der Waals surface area contributed by atoms with Gasteiger partial charge in [0.1, 0.15) is 5.82 Å². The van der Waals surface area contributed by atoms with Gasteiger partial charge in [-0.1, -0.05) is 12.1 Å². The van der Waals surface area contributed by atoms with Gasteiger partial charge in [0.05, 0.1) is 28.1 Å². The van der Waals surface area contributed by atoms with Crippen molar-refractivity contribution in [2.24, 2.45) is 5.10 Å². The molecule has 0 bridgehead atoms. The second kappa shape index (κ2) is 7.53. The molecule has 2 heterocycles. The predicted octanol–water partition coefficient (Wildman–Crippen LogP) is 4.04. The lowest BCUT2D eigenvalue weighted by Gasteiger charge is -2.25. The van der Waals surface area contributed by atoms with Crippen LogP contribution in [0.1, 0.15) is 27.9 Å². The Labute approximate surface area is 173 Å². The molecule has 10 heteroatoms. The zero-order valence-electron chi connectivity index (χ0n) is 15.9. The van der Waals surface area contributed by atoms with Crippen LogP contribution in [0, 0.1) is 5.82 Å². The standard InChI is InChI=1S/C21H15F4N3O3/c22-17-6-5-14(9-16(17)21(23,24)25)28-19(29)15-11-27(8-7-18(15)26-28)10-12-1-3-13(4-2-12)20(30)31/h1-6,9,11H,7-8,10H2,(H,30,31). The van der Waals surface area contributed by atoms with E-state index in [9.17, 15) is 27.2 Å². The van der Waals surface area contributed by atoms with Gasteiger partial charge in [-0.3, -0.25) is 4.79 Å². The molecule has 0 saturated carbocycles. The summed E-state index contributed by atoms with van der Waals surface area (Å²) in [6.07, 6.45) is -2.91. The Bertz CT molecular complexity index is 1120. The third kappa shape index (κ3) is 4.00. The number of halogens is 4. The largest absolute Gasteiger partial charge is 0.478 e. The van der Waals surface area contributed by atoms with Gasteiger partial charge in [0, 0.05) is 25.7 Å². The zero-order valence-corrected chi connectivity index (χ0v) is 15.9. The number of fused-ring (bicyclic) bond motifs is 1. The van der Waals surface area contributed by atoms with Crippen LogP contribution in [0.3, 0.4) is 0 Å². The van der Waals surface area contributed by atoms with Crippen LogP contribution in [-0.4, -0.2) is 34.1 Å². The van der Waals surface area contributed by atoms with E-state index < -0.39 is 29.4 Å². The minimum Gasteiger partial charge on any atom is -0.478 e. The van der Waals surface area contributed by atoms with E-state index >= 15 is 0 Å². The maximum Gasteiger partial charge on any atom is 0.419 e. The monoisotopic (exact) mass is 433 g/mol. The number of hydrazone groups is 1. The zero-order chi connectivity index (χ0) is 22.3. The minimum absolute atomic E-state index is 0.161. The van der Waals surface area contributed by atoms with Crippen LogP contribution in [0.4, 0.5) is 23.2 Å². The van der Waals surface area contributed by atoms with Gasteiger partial charge in [0.15, 0.2) is 0 Å². The smallest absolute Gasteiger partial charge is 0.419 e. The molecule has 0 radical (unpaired) electrons. The van der Waals surface area contributed by atoms with Gasteiger partial charge in [0.25, 0.3) is 5.91 Å². The molecule has 31 heavy (non-hydrogen) atoms. The van der Waals surface area contributed by atoms with Crippen molar-refractivity contribution < 1.29 is 32.3 Å². The number of hydrogen-bond acceptors (Lipinski definition) is 4. The molecular formula is C21H15F4N3O3. The summed E-state index contributed by atoms with van der Waals surface area (Å²) in [5.74, 6) is -3.05. The molecule has 0 aromatic heterocycles. The second-order valence-corrected chi connectivity index (χ2v) is 7.09. The molecule has 2 aliphatic rings. The fourth-order valence-electron chi connectivity index (χ4n) is 3.42. The van der Waals surface area contributed by atoms with Crippen molar-refractivity contribution in [3.05, 3.63) is 76.7 Å². The number of benzene rings is 2. The highest BCUT2D eigenvalue weighted by atomic mass is 19.4. The van der Waals surface area contributed by atoms with Crippen molar-refractivity contribution in [3.63, 3.8) is 0 Å². The van der Waals surface area contributed by atoms with Crippen LogP contribution in [0.25, 0.3) is 0 Å².